The smallest absolute Gasteiger partial charge is 0.217 e. The molecule has 0 unspecified atom stereocenters. The van der Waals surface area contributed by atoms with E-state index in [9.17, 15) is 91.6 Å². The lowest BCUT2D eigenvalue weighted by atomic mass is 9.93. The Morgan fingerprint density at radius 1 is 0.382 bits per heavy atom. The van der Waals surface area contributed by atoms with E-state index < -0.39 is 217 Å². The van der Waals surface area contributed by atoms with Crippen molar-refractivity contribution in [2.45, 2.75) is 205 Å². The van der Waals surface area contributed by atoms with Crippen LogP contribution in [0.4, 0.5) is 0 Å². The second-order valence-electron chi connectivity index (χ2n) is 17.5. The molecule has 30 atom stereocenters. The minimum atomic E-state index is -2.19. The average molecular weight is 1000 g/mol. The molecular formula is C38H65NO29. The van der Waals surface area contributed by atoms with Crippen LogP contribution in [0.5, 0.6) is 0 Å². The van der Waals surface area contributed by atoms with E-state index in [4.69, 9.17) is 52.1 Å². The molecule has 6 fully saturated rings. The van der Waals surface area contributed by atoms with Crippen molar-refractivity contribution < 1.29 is 144 Å². The molecule has 18 N–H and O–H groups in total. The van der Waals surface area contributed by atoms with Gasteiger partial charge in [-0.3, -0.25) is 4.79 Å². The number of aliphatic hydroxyl groups excluding tert-OH is 17. The van der Waals surface area contributed by atoms with Gasteiger partial charge < -0.3 is 144 Å². The first-order chi connectivity index (χ1) is 32.1. The molecule has 0 bridgehead atoms. The van der Waals surface area contributed by atoms with Crippen LogP contribution in [0.1, 0.15) is 20.8 Å². The van der Waals surface area contributed by atoms with E-state index in [1.807, 2.05) is 0 Å². The topological polar surface area (TPSA) is 475 Å². The van der Waals surface area contributed by atoms with Gasteiger partial charge in [0.2, 0.25) is 5.91 Å². The number of ether oxygens (including phenoxy) is 11. The second kappa shape index (κ2) is 23.5. The van der Waals surface area contributed by atoms with Gasteiger partial charge in [-0.15, -0.1) is 0 Å². The van der Waals surface area contributed by atoms with E-state index >= 15 is 0 Å². The third-order valence-electron chi connectivity index (χ3n) is 12.8. The van der Waals surface area contributed by atoms with Gasteiger partial charge in [0, 0.05) is 6.92 Å². The Morgan fingerprint density at radius 3 is 1.32 bits per heavy atom. The highest BCUT2D eigenvalue weighted by Crippen LogP contribution is 2.38. The first-order valence-electron chi connectivity index (χ1n) is 21.8. The Bertz CT molecular complexity index is 1590. The molecule has 30 heteroatoms. The summed E-state index contributed by atoms with van der Waals surface area (Å²) in [6, 6.07) is -1.86. The quantitative estimate of drug-likeness (QED) is 0.0724. The van der Waals surface area contributed by atoms with Crippen molar-refractivity contribution in [3.05, 3.63) is 0 Å². The molecule has 0 saturated carbocycles. The molecule has 0 spiro atoms. The van der Waals surface area contributed by atoms with E-state index in [1.54, 1.807) is 0 Å². The van der Waals surface area contributed by atoms with Gasteiger partial charge in [-0.05, 0) is 13.8 Å². The van der Waals surface area contributed by atoms with Crippen LogP contribution in [-0.4, -0.2) is 303 Å². The largest absolute Gasteiger partial charge is 0.394 e. The molecule has 0 aromatic carbocycles. The minimum absolute atomic E-state index is 0.894. The SMILES string of the molecule is CC(=O)N[C@H]1[C@H](O[C@H]2[C@@H](O)[C@@H](CO)O[C@@H](O[C@H]3[C@H](O)[C@@H](O)[C@H](O)O[C@@H]3CO)[C@@H]2O)O[C@H](CO)[C@@H](O[C@H]2O[C@H](C)[C@H](O)[C@H](O)[C@H]2O)[C@@H]1O[C@@H]1O[C@H](CO)[C@H](O)[C@H](O)[C@H]1O[C@H]1O[C@H](C)[C@H](O)[C@H](O)[C@H]1O. The van der Waals surface area contributed by atoms with E-state index in [0.29, 0.717) is 0 Å². The zero-order chi connectivity index (χ0) is 50.2. The molecule has 0 aromatic rings. The highest BCUT2D eigenvalue weighted by Gasteiger charge is 2.59. The molecule has 6 heterocycles. The van der Waals surface area contributed by atoms with Gasteiger partial charge in [-0.2, -0.15) is 0 Å². The maximum absolute atomic E-state index is 13.1. The van der Waals surface area contributed by atoms with Crippen LogP contribution in [0, 0.1) is 0 Å². The summed E-state index contributed by atoms with van der Waals surface area (Å²) in [6.07, 6.45) is -54.0. The number of carbonyl (C=O) groups is 1. The lowest BCUT2D eigenvalue weighted by Gasteiger charge is -2.52. The van der Waals surface area contributed by atoms with Crippen LogP contribution < -0.4 is 5.32 Å². The molecule has 6 rings (SSSR count). The Balaban J connectivity index is 1.39. The number of amides is 1. The summed E-state index contributed by atoms with van der Waals surface area (Å²) < 4.78 is 63.9. The van der Waals surface area contributed by atoms with Crippen LogP contribution in [-0.2, 0) is 56.9 Å². The van der Waals surface area contributed by atoms with Crippen molar-refractivity contribution in [3.8, 4) is 0 Å². The number of rotatable bonds is 15. The third-order valence-corrected chi connectivity index (χ3v) is 12.8. The number of carbonyl (C=O) groups excluding carboxylic acids is 1. The average Bonchev–Trinajstić information content (AvgIpc) is 3.31. The minimum Gasteiger partial charge on any atom is -0.394 e. The van der Waals surface area contributed by atoms with Crippen molar-refractivity contribution >= 4 is 5.91 Å². The van der Waals surface area contributed by atoms with E-state index in [2.05, 4.69) is 5.32 Å². The fourth-order valence-corrected chi connectivity index (χ4v) is 8.78. The summed E-state index contributed by atoms with van der Waals surface area (Å²) in [5.74, 6) is -0.894. The molecule has 0 aliphatic carbocycles. The van der Waals surface area contributed by atoms with Crippen molar-refractivity contribution in [2.24, 2.45) is 0 Å². The van der Waals surface area contributed by atoms with Gasteiger partial charge in [-0.1, -0.05) is 0 Å². The molecule has 0 radical (unpaired) electrons. The van der Waals surface area contributed by atoms with Gasteiger partial charge in [0.1, 0.15) is 134 Å². The fourth-order valence-electron chi connectivity index (χ4n) is 8.78. The molecule has 1 amide bonds. The fraction of sp³-hybridized carbons (Fsp3) is 0.974. The third kappa shape index (κ3) is 11.4. The summed E-state index contributed by atoms with van der Waals surface area (Å²) in [7, 11) is 0. The Morgan fingerprint density at radius 2 is 0.794 bits per heavy atom. The number of nitrogens with one attached hydrogen (secondary N) is 1. The van der Waals surface area contributed by atoms with Gasteiger partial charge in [0.05, 0.1) is 38.6 Å². The first kappa shape index (κ1) is 55.7. The van der Waals surface area contributed by atoms with Crippen LogP contribution >= 0.6 is 0 Å². The number of hydrogen-bond donors (Lipinski definition) is 18. The molecule has 6 aliphatic rings. The van der Waals surface area contributed by atoms with Crippen LogP contribution in [0.3, 0.4) is 0 Å². The van der Waals surface area contributed by atoms with Crippen LogP contribution in [0.2, 0.25) is 0 Å². The maximum atomic E-state index is 13.1. The summed E-state index contributed by atoms with van der Waals surface area (Å²) in [5.41, 5.74) is 0. The molecule has 68 heavy (non-hydrogen) atoms. The molecular weight excluding hydrogens is 934 g/mol. The Labute approximate surface area is 386 Å². The molecule has 0 aromatic heterocycles. The molecule has 6 aliphatic heterocycles. The monoisotopic (exact) mass is 999 g/mol. The van der Waals surface area contributed by atoms with Crippen molar-refractivity contribution in [1.82, 2.24) is 5.32 Å². The lowest BCUT2D eigenvalue weighted by Crippen LogP contribution is -2.71. The summed E-state index contributed by atoms with van der Waals surface area (Å²) in [4.78, 5) is 13.1. The second-order valence-corrected chi connectivity index (χ2v) is 17.5. The van der Waals surface area contributed by atoms with E-state index in [-0.39, 0.29) is 0 Å². The first-order valence-corrected chi connectivity index (χ1v) is 21.8. The molecule has 30 nitrogen and oxygen atoms in total. The maximum Gasteiger partial charge on any atom is 0.217 e. The predicted molar refractivity (Wildman–Crippen MR) is 208 cm³/mol. The van der Waals surface area contributed by atoms with Crippen molar-refractivity contribution in [3.63, 3.8) is 0 Å². The molecule has 6 saturated heterocycles. The zero-order valence-electron chi connectivity index (χ0n) is 36.7. The Hall–Kier alpha value is -1.65. The van der Waals surface area contributed by atoms with Crippen molar-refractivity contribution in [2.75, 3.05) is 26.4 Å². The van der Waals surface area contributed by atoms with Gasteiger partial charge in [-0.25, -0.2) is 0 Å². The normalized spacial score (nSPS) is 52.6. The molecule has 396 valence electrons. The summed E-state index contributed by atoms with van der Waals surface area (Å²) >= 11 is 0. The van der Waals surface area contributed by atoms with Gasteiger partial charge in [0.15, 0.2) is 37.7 Å². The van der Waals surface area contributed by atoms with Gasteiger partial charge in [0.25, 0.3) is 0 Å². The predicted octanol–water partition coefficient (Wildman–Crippen LogP) is -11.9. The number of hydrogen-bond acceptors (Lipinski definition) is 29. The highest BCUT2D eigenvalue weighted by molar-refractivity contribution is 5.73. The van der Waals surface area contributed by atoms with Crippen molar-refractivity contribution in [1.29, 1.82) is 0 Å². The standard InChI is InChI=1S/C38H65NO29/c1-8-16(45)20(49)25(54)35(58-8)65-29-14(7-43)63-34(67-31-19(48)12(5-41)61-37(27(31)56)64-28-13(6-42)60-33(57)24(53)23(28)52)15(39-10(3)44)30(29)66-38-32(22(51)18(47)11(4-40)62-38)68-36-26(55)21(50)17(46)9(2)59-36/h8-9,11-38,40-43,45-57H,4-7H2,1-3H3,(H,39,44)/t8-,9-,11-,12-,13-,14-,15-,16+,17+,18+,19+,20+,21+,22+,23-,24-,25-,26-,27-,28-,29-,30-,31+,32-,33-,34+,35-,36-,37+,38+/m1/s1. The highest BCUT2D eigenvalue weighted by atomic mass is 16.8. The van der Waals surface area contributed by atoms with E-state index in [1.165, 1.54) is 13.8 Å². The lowest BCUT2D eigenvalue weighted by molar-refractivity contribution is -0.400. The number of aliphatic hydroxyl groups is 17. The van der Waals surface area contributed by atoms with Gasteiger partial charge >= 0.3 is 0 Å². The summed E-state index contributed by atoms with van der Waals surface area (Å²) in [5, 5.41) is 184. The van der Waals surface area contributed by atoms with Crippen LogP contribution in [0.15, 0.2) is 0 Å². The van der Waals surface area contributed by atoms with E-state index in [0.717, 1.165) is 6.92 Å². The zero-order valence-corrected chi connectivity index (χ0v) is 36.7. The summed E-state index contributed by atoms with van der Waals surface area (Å²) in [6.45, 7) is -0.357. The Kier molecular flexibility index (Phi) is 19.2. The van der Waals surface area contributed by atoms with Crippen LogP contribution in [0.25, 0.3) is 0 Å².